The zero-order valence-corrected chi connectivity index (χ0v) is 12.8. The van der Waals surface area contributed by atoms with Crippen LogP contribution in [0.2, 0.25) is 0 Å². The number of fused-ring (bicyclic) bond motifs is 1. The van der Waals surface area contributed by atoms with E-state index in [4.69, 9.17) is 0 Å². The number of amides is 2. The highest BCUT2D eigenvalue weighted by Crippen LogP contribution is 2.48. The second kappa shape index (κ2) is 5.13. The van der Waals surface area contributed by atoms with Gasteiger partial charge in [0.2, 0.25) is 11.8 Å². The van der Waals surface area contributed by atoms with Crippen LogP contribution in [-0.4, -0.2) is 29.8 Å². The Labute approximate surface area is 128 Å². The minimum Gasteiger partial charge on any atom is -0.355 e. The molecule has 2 aliphatic heterocycles. The quantitative estimate of drug-likeness (QED) is 0.910. The van der Waals surface area contributed by atoms with Crippen LogP contribution in [0.3, 0.4) is 0 Å². The van der Waals surface area contributed by atoms with E-state index in [1.807, 2.05) is 11.3 Å². The highest BCUT2D eigenvalue weighted by molar-refractivity contribution is 7.10. The van der Waals surface area contributed by atoms with Crippen LogP contribution in [0, 0.1) is 11.8 Å². The summed E-state index contributed by atoms with van der Waals surface area (Å²) in [6, 6.07) is 2.51. The zero-order valence-electron chi connectivity index (χ0n) is 12.0. The van der Waals surface area contributed by atoms with Gasteiger partial charge in [0, 0.05) is 24.4 Å². The van der Waals surface area contributed by atoms with Gasteiger partial charge in [-0.3, -0.25) is 9.59 Å². The summed E-state index contributed by atoms with van der Waals surface area (Å²) in [5.41, 5.74) is 1.39. The van der Waals surface area contributed by atoms with Crippen molar-refractivity contribution in [3.63, 3.8) is 0 Å². The number of thiophene rings is 1. The van der Waals surface area contributed by atoms with Gasteiger partial charge in [0.1, 0.15) is 0 Å². The average molecular weight is 304 g/mol. The van der Waals surface area contributed by atoms with Crippen LogP contribution in [0.4, 0.5) is 0 Å². The molecule has 1 saturated heterocycles. The number of carbonyl (C=O) groups excluding carboxylic acids is 2. The molecule has 1 aromatic heterocycles. The number of nitrogens with zero attached hydrogens (tertiary/aromatic N) is 1. The molecule has 1 saturated carbocycles. The molecule has 2 atom stereocenters. The van der Waals surface area contributed by atoms with Crippen LogP contribution >= 0.6 is 11.3 Å². The van der Waals surface area contributed by atoms with Crippen LogP contribution in [0.5, 0.6) is 0 Å². The van der Waals surface area contributed by atoms with Crippen molar-refractivity contribution in [2.75, 3.05) is 13.1 Å². The second-order valence-corrected chi connectivity index (χ2v) is 7.40. The topological polar surface area (TPSA) is 49.4 Å². The maximum Gasteiger partial charge on any atom is 0.228 e. The van der Waals surface area contributed by atoms with Crippen molar-refractivity contribution in [3.05, 3.63) is 21.9 Å². The molecule has 4 rings (SSSR count). The molecule has 2 amide bonds. The molecule has 1 N–H and O–H groups in total. The van der Waals surface area contributed by atoms with Gasteiger partial charge in [0.05, 0.1) is 12.0 Å². The summed E-state index contributed by atoms with van der Waals surface area (Å²) in [5.74, 6) is 0.963. The summed E-state index contributed by atoms with van der Waals surface area (Å²) in [5, 5.41) is 5.00. The first-order valence-corrected chi connectivity index (χ1v) is 8.75. The maximum absolute atomic E-state index is 12.9. The number of carbonyl (C=O) groups is 2. The van der Waals surface area contributed by atoms with E-state index >= 15 is 0 Å². The molecule has 0 aromatic carbocycles. The molecule has 1 aromatic rings. The molecule has 112 valence electrons. The molecule has 2 fully saturated rings. The van der Waals surface area contributed by atoms with Gasteiger partial charge in [-0.1, -0.05) is 0 Å². The third-order valence-electron chi connectivity index (χ3n) is 4.98. The maximum atomic E-state index is 12.9. The van der Waals surface area contributed by atoms with E-state index < -0.39 is 0 Å². The van der Waals surface area contributed by atoms with Crippen molar-refractivity contribution in [1.82, 2.24) is 10.2 Å². The Morgan fingerprint density at radius 1 is 1.29 bits per heavy atom. The number of nitrogens with one attached hydrogen (secondary N) is 1. The lowest BCUT2D eigenvalue weighted by molar-refractivity contribution is -0.140. The van der Waals surface area contributed by atoms with Gasteiger partial charge in [-0.05, 0) is 48.6 Å². The van der Waals surface area contributed by atoms with Crippen LogP contribution in [0.15, 0.2) is 11.4 Å². The van der Waals surface area contributed by atoms with E-state index in [0.717, 1.165) is 13.0 Å². The first kappa shape index (κ1) is 13.3. The third kappa shape index (κ3) is 2.37. The number of rotatable bonds is 2. The molecule has 3 aliphatic rings. The molecule has 5 heteroatoms. The van der Waals surface area contributed by atoms with Crippen molar-refractivity contribution in [2.45, 2.75) is 38.1 Å². The fourth-order valence-electron chi connectivity index (χ4n) is 3.69. The van der Waals surface area contributed by atoms with Crippen LogP contribution in [-0.2, 0) is 16.0 Å². The third-order valence-corrected chi connectivity index (χ3v) is 5.98. The van der Waals surface area contributed by atoms with E-state index in [1.165, 1.54) is 23.3 Å². The monoisotopic (exact) mass is 304 g/mol. The van der Waals surface area contributed by atoms with Gasteiger partial charge < -0.3 is 10.2 Å². The predicted molar refractivity (Wildman–Crippen MR) is 80.9 cm³/mol. The van der Waals surface area contributed by atoms with E-state index in [0.29, 0.717) is 31.3 Å². The standard InChI is InChI=1S/C16H20N2O2S/c19-14-4-3-11(9-17-14)16(20)18-7-5-13-12(6-8-21-13)15(18)10-1-2-10/h6,8,10-11,15H,1-5,7,9H2,(H,17,19). The van der Waals surface area contributed by atoms with E-state index in [2.05, 4.69) is 21.7 Å². The zero-order chi connectivity index (χ0) is 14.4. The molecule has 0 spiro atoms. The first-order chi connectivity index (χ1) is 10.2. The van der Waals surface area contributed by atoms with Crippen LogP contribution in [0.25, 0.3) is 0 Å². The smallest absolute Gasteiger partial charge is 0.228 e. The first-order valence-electron chi connectivity index (χ1n) is 7.87. The molecular weight excluding hydrogens is 284 g/mol. The van der Waals surface area contributed by atoms with Gasteiger partial charge >= 0.3 is 0 Å². The summed E-state index contributed by atoms with van der Waals surface area (Å²) in [4.78, 5) is 27.8. The lowest BCUT2D eigenvalue weighted by atomic mass is 9.91. The summed E-state index contributed by atoms with van der Waals surface area (Å²) in [7, 11) is 0. The summed E-state index contributed by atoms with van der Waals surface area (Å²) in [6.45, 7) is 1.36. The summed E-state index contributed by atoms with van der Waals surface area (Å²) >= 11 is 1.83. The Balaban J connectivity index is 1.56. The Hall–Kier alpha value is -1.36. The molecule has 2 unspecified atom stereocenters. The molecule has 21 heavy (non-hydrogen) atoms. The van der Waals surface area contributed by atoms with Gasteiger partial charge in [-0.25, -0.2) is 0 Å². The van der Waals surface area contributed by atoms with Gasteiger partial charge in [0.25, 0.3) is 0 Å². The minimum atomic E-state index is -0.0239. The molecule has 4 nitrogen and oxygen atoms in total. The van der Waals surface area contributed by atoms with Gasteiger partial charge in [-0.15, -0.1) is 11.3 Å². The average Bonchev–Trinajstić information content (AvgIpc) is 3.22. The Bertz CT molecular complexity index is 569. The highest BCUT2D eigenvalue weighted by atomic mass is 32.1. The fraction of sp³-hybridized carbons (Fsp3) is 0.625. The van der Waals surface area contributed by atoms with Crippen LogP contribution < -0.4 is 5.32 Å². The molecule has 0 bridgehead atoms. The minimum absolute atomic E-state index is 0.0239. The summed E-state index contributed by atoms with van der Waals surface area (Å²) < 4.78 is 0. The molecule has 0 radical (unpaired) electrons. The predicted octanol–water partition coefficient (Wildman–Crippen LogP) is 2.11. The highest BCUT2D eigenvalue weighted by Gasteiger charge is 2.43. The van der Waals surface area contributed by atoms with Crippen molar-refractivity contribution >= 4 is 23.2 Å². The molecular formula is C16H20N2O2S. The lowest BCUT2D eigenvalue weighted by Gasteiger charge is -2.39. The SMILES string of the molecule is O=C1CCC(C(=O)N2CCc3sccc3C2C2CC2)CN1. The Kier molecular flexibility index (Phi) is 3.25. The lowest BCUT2D eigenvalue weighted by Crippen LogP contribution is -2.48. The normalized spacial score (nSPS) is 29.0. The van der Waals surface area contributed by atoms with Crippen molar-refractivity contribution in [1.29, 1.82) is 0 Å². The summed E-state index contributed by atoms with van der Waals surface area (Å²) in [6.07, 6.45) is 4.66. The Morgan fingerprint density at radius 2 is 2.14 bits per heavy atom. The van der Waals surface area contributed by atoms with Gasteiger partial charge in [-0.2, -0.15) is 0 Å². The second-order valence-electron chi connectivity index (χ2n) is 6.40. The van der Waals surface area contributed by atoms with Gasteiger partial charge in [0.15, 0.2) is 0 Å². The van der Waals surface area contributed by atoms with E-state index in [9.17, 15) is 9.59 Å². The Morgan fingerprint density at radius 3 is 2.86 bits per heavy atom. The number of hydrogen-bond donors (Lipinski definition) is 1. The number of hydrogen-bond acceptors (Lipinski definition) is 3. The largest absolute Gasteiger partial charge is 0.355 e. The van der Waals surface area contributed by atoms with Crippen LogP contribution in [0.1, 0.15) is 42.2 Å². The fourth-order valence-corrected chi connectivity index (χ4v) is 4.60. The van der Waals surface area contributed by atoms with Crippen molar-refractivity contribution in [3.8, 4) is 0 Å². The molecule has 1 aliphatic carbocycles. The number of piperidine rings is 1. The molecule has 3 heterocycles. The van der Waals surface area contributed by atoms with E-state index in [1.54, 1.807) is 0 Å². The van der Waals surface area contributed by atoms with Crippen molar-refractivity contribution < 1.29 is 9.59 Å². The van der Waals surface area contributed by atoms with E-state index in [-0.39, 0.29) is 17.7 Å². The van der Waals surface area contributed by atoms with Crippen molar-refractivity contribution in [2.24, 2.45) is 11.8 Å².